The first-order valence-corrected chi connectivity index (χ1v) is 7.24. The number of thioether (sulfide) groups is 1. The maximum Gasteiger partial charge on any atom is 0.108 e. The fraction of sp³-hybridized carbons (Fsp3) is 0.143. The third-order valence-electron chi connectivity index (χ3n) is 3.08. The summed E-state index contributed by atoms with van der Waals surface area (Å²) in [5, 5.41) is 1.59. The van der Waals surface area contributed by atoms with Crippen LogP contribution >= 0.6 is 35.0 Å². The molecule has 0 aliphatic carbocycles. The smallest absolute Gasteiger partial charge is 0.108 e. The van der Waals surface area contributed by atoms with Crippen LogP contribution in [-0.4, -0.2) is 7.05 Å². The van der Waals surface area contributed by atoms with Crippen molar-refractivity contribution in [2.24, 2.45) is 0 Å². The Kier molecular flexibility index (Phi) is 3.18. The van der Waals surface area contributed by atoms with Gasteiger partial charge in [0.1, 0.15) is 5.37 Å². The van der Waals surface area contributed by atoms with E-state index in [4.69, 9.17) is 23.2 Å². The molecular weight excluding hydrogens is 285 g/mol. The highest BCUT2D eigenvalue weighted by atomic mass is 35.5. The number of rotatable bonds is 1. The third kappa shape index (κ3) is 1.89. The van der Waals surface area contributed by atoms with Gasteiger partial charge in [-0.15, -0.1) is 0 Å². The van der Waals surface area contributed by atoms with E-state index in [0.29, 0.717) is 0 Å². The number of hydrogen-bond acceptors (Lipinski definition) is 2. The molecule has 0 amide bonds. The summed E-state index contributed by atoms with van der Waals surface area (Å²) in [6, 6.07) is 14.0. The van der Waals surface area contributed by atoms with E-state index in [1.54, 1.807) is 11.8 Å². The maximum atomic E-state index is 6.29. The van der Waals surface area contributed by atoms with E-state index in [1.165, 1.54) is 10.6 Å². The van der Waals surface area contributed by atoms with Gasteiger partial charge in [0, 0.05) is 27.6 Å². The van der Waals surface area contributed by atoms with Crippen LogP contribution in [0, 0.1) is 0 Å². The first-order chi connectivity index (χ1) is 8.68. The lowest BCUT2D eigenvalue weighted by molar-refractivity contribution is 0.914. The summed E-state index contributed by atoms with van der Waals surface area (Å²) >= 11 is 14.4. The van der Waals surface area contributed by atoms with Gasteiger partial charge in [0.25, 0.3) is 0 Å². The number of hydrogen-bond donors (Lipinski definition) is 0. The molecule has 1 aliphatic rings. The van der Waals surface area contributed by atoms with Crippen LogP contribution in [0.2, 0.25) is 10.0 Å². The highest BCUT2D eigenvalue weighted by Crippen LogP contribution is 2.52. The van der Waals surface area contributed by atoms with Gasteiger partial charge < -0.3 is 4.90 Å². The predicted molar refractivity (Wildman–Crippen MR) is 79.9 cm³/mol. The number of fused-ring (bicyclic) bond motifs is 1. The molecule has 0 bridgehead atoms. The molecule has 0 fully saturated rings. The van der Waals surface area contributed by atoms with Crippen LogP contribution in [0.4, 0.5) is 5.69 Å². The van der Waals surface area contributed by atoms with Crippen LogP contribution in [0.5, 0.6) is 0 Å². The van der Waals surface area contributed by atoms with Gasteiger partial charge in [-0.05, 0) is 24.3 Å². The van der Waals surface area contributed by atoms with E-state index in [1.807, 2.05) is 24.3 Å². The Bertz CT molecular complexity index is 580. The second kappa shape index (κ2) is 4.69. The molecule has 2 aromatic carbocycles. The van der Waals surface area contributed by atoms with Crippen molar-refractivity contribution in [3.8, 4) is 0 Å². The van der Waals surface area contributed by atoms with Gasteiger partial charge in [0.15, 0.2) is 0 Å². The molecule has 1 heterocycles. The lowest BCUT2D eigenvalue weighted by Crippen LogP contribution is -2.17. The van der Waals surface area contributed by atoms with E-state index in [2.05, 4.69) is 30.1 Å². The molecule has 0 aromatic heterocycles. The Balaban J connectivity index is 2.07. The van der Waals surface area contributed by atoms with E-state index in [0.717, 1.165) is 15.6 Å². The molecule has 1 nitrogen and oxygen atoms in total. The van der Waals surface area contributed by atoms with Crippen LogP contribution in [0.3, 0.4) is 0 Å². The molecule has 92 valence electrons. The van der Waals surface area contributed by atoms with Crippen molar-refractivity contribution in [3.05, 3.63) is 58.1 Å². The van der Waals surface area contributed by atoms with Gasteiger partial charge in [-0.25, -0.2) is 0 Å². The van der Waals surface area contributed by atoms with Gasteiger partial charge in [0.05, 0.1) is 5.69 Å². The summed E-state index contributed by atoms with van der Waals surface area (Å²) in [6.45, 7) is 0. The Labute approximate surface area is 121 Å². The van der Waals surface area contributed by atoms with Gasteiger partial charge in [-0.3, -0.25) is 0 Å². The molecule has 0 saturated heterocycles. The fourth-order valence-corrected chi connectivity index (χ4v) is 4.28. The van der Waals surface area contributed by atoms with Crippen LogP contribution in [-0.2, 0) is 0 Å². The summed E-state index contributed by atoms with van der Waals surface area (Å²) in [4.78, 5) is 3.48. The molecule has 0 N–H and O–H groups in total. The largest absolute Gasteiger partial charge is 0.357 e. The second-order valence-electron chi connectivity index (χ2n) is 4.18. The fourth-order valence-electron chi connectivity index (χ4n) is 2.17. The van der Waals surface area contributed by atoms with Gasteiger partial charge in [-0.1, -0.05) is 53.2 Å². The quantitative estimate of drug-likeness (QED) is 0.708. The average molecular weight is 296 g/mol. The molecule has 1 atom stereocenters. The predicted octanol–water partition coefficient (Wildman–Crippen LogP) is 5.23. The Hall–Kier alpha value is -0.830. The standard InChI is InChI=1S/C14H11Cl2NS/c1-17-11-7-2-3-8-12(11)18-14(17)13-9(15)5-4-6-10(13)16/h2-8,14H,1H3. The third-order valence-corrected chi connectivity index (χ3v) is 5.12. The lowest BCUT2D eigenvalue weighted by Gasteiger charge is -2.23. The molecular formula is C14H11Cl2NS. The normalized spacial score (nSPS) is 17.9. The zero-order valence-corrected chi connectivity index (χ0v) is 12.1. The van der Waals surface area contributed by atoms with E-state index >= 15 is 0 Å². The van der Waals surface area contributed by atoms with Crippen LogP contribution in [0.25, 0.3) is 0 Å². The van der Waals surface area contributed by atoms with Crippen LogP contribution in [0.15, 0.2) is 47.4 Å². The molecule has 1 unspecified atom stereocenters. The number of halogens is 2. The maximum absolute atomic E-state index is 6.29. The average Bonchev–Trinajstić information content (AvgIpc) is 2.68. The number of nitrogens with zero attached hydrogens (tertiary/aromatic N) is 1. The molecule has 0 saturated carbocycles. The Morgan fingerprint density at radius 1 is 1.00 bits per heavy atom. The second-order valence-corrected chi connectivity index (χ2v) is 6.12. The SMILES string of the molecule is CN1c2ccccc2SC1c1c(Cl)cccc1Cl. The van der Waals surface area contributed by atoms with Crippen molar-refractivity contribution in [1.29, 1.82) is 0 Å². The monoisotopic (exact) mass is 295 g/mol. The minimum atomic E-state index is 0.142. The van der Waals surface area contributed by atoms with Crippen molar-refractivity contribution in [1.82, 2.24) is 0 Å². The molecule has 1 aliphatic heterocycles. The van der Waals surface area contributed by atoms with E-state index < -0.39 is 0 Å². The van der Waals surface area contributed by atoms with Crippen molar-refractivity contribution >= 4 is 40.7 Å². The molecule has 18 heavy (non-hydrogen) atoms. The summed E-state index contributed by atoms with van der Waals surface area (Å²) < 4.78 is 0. The van der Waals surface area contributed by atoms with Gasteiger partial charge >= 0.3 is 0 Å². The molecule has 0 spiro atoms. The Morgan fingerprint density at radius 3 is 2.33 bits per heavy atom. The first kappa shape index (κ1) is 12.2. The number of benzene rings is 2. The highest BCUT2D eigenvalue weighted by Gasteiger charge is 2.31. The zero-order valence-electron chi connectivity index (χ0n) is 9.73. The highest BCUT2D eigenvalue weighted by molar-refractivity contribution is 8.00. The number of anilines is 1. The zero-order chi connectivity index (χ0) is 12.7. The van der Waals surface area contributed by atoms with Gasteiger partial charge in [0.2, 0.25) is 0 Å². The van der Waals surface area contributed by atoms with Crippen molar-refractivity contribution < 1.29 is 0 Å². The summed E-state index contributed by atoms with van der Waals surface area (Å²) in [5.41, 5.74) is 2.22. The minimum absolute atomic E-state index is 0.142. The topological polar surface area (TPSA) is 3.24 Å². The van der Waals surface area contributed by atoms with Crippen molar-refractivity contribution in [2.75, 3.05) is 11.9 Å². The Morgan fingerprint density at radius 2 is 1.67 bits per heavy atom. The molecule has 4 heteroatoms. The first-order valence-electron chi connectivity index (χ1n) is 5.61. The molecule has 3 rings (SSSR count). The molecule has 0 radical (unpaired) electrons. The summed E-state index contributed by atoms with van der Waals surface area (Å²) in [7, 11) is 2.07. The van der Waals surface area contributed by atoms with Crippen molar-refractivity contribution in [3.63, 3.8) is 0 Å². The van der Waals surface area contributed by atoms with E-state index in [-0.39, 0.29) is 5.37 Å². The lowest BCUT2D eigenvalue weighted by atomic mass is 10.2. The van der Waals surface area contributed by atoms with E-state index in [9.17, 15) is 0 Å². The van der Waals surface area contributed by atoms with Crippen LogP contribution < -0.4 is 4.90 Å². The summed E-state index contributed by atoms with van der Waals surface area (Å²) in [6.07, 6.45) is 0. The molecule has 2 aromatic rings. The number of para-hydroxylation sites is 1. The summed E-state index contributed by atoms with van der Waals surface area (Å²) in [5.74, 6) is 0. The van der Waals surface area contributed by atoms with Crippen molar-refractivity contribution in [2.45, 2.75) is 10.3 Å². The van der Waals surface area contributed by atoms with Crippen LogP contribution in [0.1, 0.15) is 10.9 Å². The van der Waals surface area contributed by atoms with Gasteiger partial charge in [-0.2, -0.15) is 0 Å². The minimum Gasteiger partial charge on any atom is -0.357 e.